The van der Waals surface area contributed by atoms with Crippen molar-refractivity contribution in [2.24, 2.45) is 0 Å². The smallest absolute Gasteiger partial charge is 0.231 e. The SMILES string of the molecule is CCCCn1c(-c2ccccc2)nc(Cl)c1CN(Cc1ccc2c(c1)OCO2)Cc1ccc2c(c1)OCO2. The first-order chi connectivity index (χ1) is 18.7. The third-order valence-electron chi connectivity index (χ3n) is 6.85. The van der Waals surface area contributed by atoms with Gasteiger partial charge in [-0.25, -0.2) is 4.98 Å². The van der Waals surface area contributed by atoms with Crippen molar-refractivity contribution >= 4 is 11.6 Å². The Morgan fingerprint density at radius 3 is 2.00 bits per heavy atom. The fraction of sp³-hybridized carbons (Fsp3) is 0.300. The molecule has 0 fully saturated rings. The Morgan fingerprint density at radius 2 is 1.39 bits per heavy atom. The number of rotatable bonds is 10. The zero-order chi connectivity index (χ0) is 25.9. The molecule has 6 rings (SSSR count). The van der Waals surface area contributed by atoms with Crippen molar-refractivity contribution in [3.63, 3.8) is 0 Å². The molecule has 1 aromatic heterocycles. The van der Waals surface area contributed by atoms with Crippen LogP contribution in [0.4, 0.5) is 0 Å². The van der Waals surface area contributed by atoms with Crippen molar-refractivity contribution in [3.8, 4) is 34.4 Å². The maximum absolute atomic E-state index is 6.85. The van der Waals surface area contributed by atoms with Crippen LogP contribution in [0.1, 0.15) is 36.6 Å². The highest BCUT2D eigenvalue weighted by molar-refractivity contribution is 6.30. The van der Waals surface area contributed by atoms with E-state index in [1.807, 2.05) is 30.3 Å². The fourth-order valence-corrected chi connectivity index (χ4v) is 5.19. The molecular weight excluding hydrogens is 502 g/mol. The minimum Gasteiger partial charge on any atom is -0.454 e. The molecule has 0 unspecified atom stereocenters. The molecule has 0 saturated carbocycles. The Labute approximate surface area is 227 Å². The maximum atomic E-state index is 6.85. The number of unbranched alkanes of at least 4 members (excludes halogenated alkanes) is 1. The summed E-state index contributed by atoms with van der Waals surface area (Å²) in [5.74, 6) is 4.03. The molecule has 0 bridgehead atoms. The molecule has 0 amide bonds. The monoisotopic (exact) mass is 531 g/mol. The maximum Gasteiger partial charge on any atom is 0.231 e. The minimum absolute atomic E-state index is 0.258. The second kappa shape index (κ2) is 11.0. The molecule has 4 aromatic rings. The van der Waals surface area contributed by atoms with Gasteiger partial charge in [0.1, 0.15) is 5.82 Å². The largest absolute Gasteiger partial charge is 0.454 e. The highest BCUT2D eigenvalue weighted by Gasteiger charge is 2.22. The molecule has 3 heterocycles. The van der Waals surface area contributed by atoms with E-state index in [4.69, 9.17) is 35.5 Å². The third kappa shape index (κ3) is 5.17. The van der Waals surface area contributed by atoms with E-state index in [1.165, 1.54) is 0 Å². The normalized spacial score (nSPS) is 13.4. The van der Waals surface area contributed by atoms with Gasteiger partial charge in [-0.3, -0.25) is 4.90 Å². The molecule has 0 saturated heterocycles. The summed E-state index contributed by atoms with van der Waals surface area (Å²) in [5, 5.41) is 0.543. The van der Waals surface area contributed by atoms with Gasteiger partial charge in [-0.1, -0.05) is 67.4 Å². The summed E-state index contributed by atoms with van der Waals surface area (Å²) in [6, 6.07) is 22.5. The van der Waals surface area contributed by atoms with Crippen LogP contribution < -0.4 is 18.9 Å². The van der Waals surface area contributed by atoms with E-state index in [9.17, 15) is 0 Å². The molecule has 196 valence electrons. The van der Waals surface area contributed by atoms with Crippen molar-refractivity contribution in [1.82, 2.24) is 14.5 Å². The van der Waals surface area contributed by atoms with Crippen molar-refractivity contribution in [3.05, 3.63) is 88.7 Å². The zero-order valence-electron chi connectivity index (χ0n) is 21.4. The molecule has 0 spiro atoms. The summed E-state index contributed by atoms with van der Waals surface area (Å²) in [5.41, 5.74) is 4.35. The second-order valence-electron chi connectivity index (χ2n) is 9.56. The van der Waals surface area contributed by atoms with Gasteiger partial charge in [0.05, 0.1) is 5.69 Å². The summed E-state index contributed by atoms with van der Waals surface area (Å²) in [7, 11) is 0. The Morgan fingerprint density at radius 1 is 0.789 bits per heavy atom. The first kappa shape index (κ1) is 24.6. The van der Waals surface area contributed by atoms with Crippen molar-refractivity contribution < 1.29 is 18.9 Å². The van der Waals surface area contributed by atoms with E-state index in [0.717, 1.165) is 70.6 Å². The van der Waals surface area contributed by atoms with E-state index in [0.29, 0.717) is 24.8 Å². The first-order valence-corrected chi connectivity index (χ1v) is 13.4. The van der Waals surface area contributed by atoms with Gasteiger partial charge in [0.15, 0.2) is 28.2 Å². The van der Waals surface area contributed by atoms with E-state index >= 15 is 0 Å². The van der Waals surface area contributed by atoms with Gasteiger partial charge >= 0.3 is 0 Å². The van der Waals surface area contributed by atoms with Crippen LogP contribution in [0.3, 0.4) is 0 Å². The number of benzene rings is 3. The number of imidazole rings is 1. The van der Waals surface area contributed by atoms with E-state index < -0.39 is 0 Å². The zero-order valence-corrected chi connectivity index (χ0v) is 22.1. The standard InChI is InChI=1S/C30H30ClN3O4/c1-2-3-13-34-24(29(31)32-30(34)23-7-5-4-6-8-23)18-33(16-21-9-11-25-27(14-21)37-19-35-25)17-22-10-12-26-28(15-22)38-20-36-26/h4-12,14-15H,2-3,13,16-20H2,1H3. The van der Waals surface area contributed by atoms with Gasteiger partial charge in [0.2, 0.25) is 13.6 Å². The lowest BCUT2D eigenvalue weighted by Gasteiger charge is -2.24. The third-order valence-corrected chi connectivity index (χ3v) is 7.15. The average molecular weight is 532 g/mol. The predicted octanol–water partition coefficient (Wildman–Crippen LogP) is 6.66. The van der Waals surface area contributed by atoms with Gasteiger partial charge < -0.3 is 23.5 Å². The molecule has 3 aromatic carbocycles. The number of hydrogen-bond donors (Lipinski definition) is 0. The second-order valence-corrected chi connectivity index (χ2v) is 9.92. The summed E-state index contributed by atoms with van der Waals surface area (Å²) < 4.78 is 24.6. The van der Waals surface area contributed by atoms with Gasteiger partial charge in [-0.15, -0.1) is 0 Å². The summed E-state index contributed by atoms with van der Waals surface area (Å²) in [4.78, 5) is 7.19. The molecule has 0 aliphatic carbocycles. The van der Waals surface area contributed by atoms with Crippen LogP contribution in [0.2, 0.25) is 5.15 Å². The van der Waals surface area contributed by atoms with E-state index in [-0.39, 0.29) is 13.6 Å². The van der Waals surface area contributed by atoms with Crippen molar-refractivity contribution in [2.75, 3.05) is 13.6 Å². The Kier molecular flexibility index (Phi) is 7.12. The lowest BCUT2D eigenvalue weighted by atomic mass is 10.1. The van der Waals surface area contributed by atoms with Crippen molar-refractivity contribution in [1.29, 1.82) is 0 Å². The van der Waals surface area contributed by atoms with Crippen LogP contribution in [0, 0.1) is 0 Å². The number of aromatic nitrogens is 2. The lowest BCUT2D eigenvalue weighted by Crippen LogP contribution is -2.24. The van der Waals surface area contributed by atoms with Crippen LogP contribution in [0.5, 0.6) is 23.0 Å². The van der Waals surface area contributed by atoms with Crippen LogP contribution in [0.25, 0.3) is 11.4 Å². The highest BCUT2D eigenvalue weighted by Crippen LogP contribution is 2.35. The van der Waals surface area contributed by atoms with Crippen LogP contribution in [-0.2, 0) is 26.2 Å². The molecule has 7 nitrogen and oxygen atoms in total. The first-order valence-electron chi connectivity index (χ1n) is 13.0. The molecule has 8 heteroatoms. The number of hydrogen-bond acceptors (Lipinski definition) is 6. The number of halogens is 1. The highest BCUT2D eigenvalue weighted by atomic mass is 35.5. The van der Waals surface area contributed by atoms with Crippen LogP contribution in [-0.4, -0.2) is 28.0 Å². The van der Waals surface area contributed by atoms with Gasteiger partial charge in [-0.05, 0) is 41.8 Å². The molecule has 2 aliphatic rings. The topological polar surface area (TPSA) is 58.0 Å². The Hall–Kier alpha value is -3.68. The summed E-state index contributed by atoms with van der Waals surface area (Å²) >= 11 is 6.85. The summed E-state index contributed by atoms with van der Waals surface area (Å²) in [6.45, 7) is 5.60. The minimum atomic E-state index is 0.258. The average Bonchev–Trinajstić information content (AvgIpc) is 3.67. The van der Waals surface area contributed by atoms with E-state index in [2.05, 4.69) is 52.8 Å². The van der Waals surface area contributed by atoms with Gasteiger partial charge in [0.25, 0.3) is 0 Å². The van der Waals surface area contributed by atoms with Gasteiger partial charge in [0, 0.05) is 31.7 Å². The van der Waals surface area contributed by atoms with E-state index in [1.54, 1.807) is 0 Å². The summed E-state index contributed by atoms with van der Waals surface area (Å²) in [6.07, 6.45) is 2.13. The number of fused-ring (bicyclic) bond motifs is 2. The van der Waals surface area contributed by atoms with Gasteiger partial charge in [-0.2, -0.15) is 0 Å². The molecule has 0 N–H and O–H groups in total. The molecule has 38 heavy (non-hydrogen) atoms. The lowest BCUT2D eigenvalue weighted by molar-refractivity contribution is 0.173. The fourth-order valence-electron chi connectivity index (χ4n) is 4.95. The Balaban J connectivity index is 1.34. The molecule has 0 atom stereocenters. The molecule has 2 aliphatic heterocycles. The quantitative estimate of drug-likeness (QED) is 0.228. The Bertz CT molecular complexity index is 1360. The number of ether oxygens (including phenoxy) is 4. The van der Waals surface area contributed by atoms with Crippen LogP contribution >= 0.6 is 11.6 Å². The number of nitrogens with zero attached hydrogens (tertiary/aromatic N) is 3. The van der Waals surface area contributed by atoms with Crippen molar-refractivity contribution in [2.45, 2.75) is 45.9 Å². The molecular formula is C30H30ClN3O4. The predicted molar refractivity (Wildman–Crippen MR) is 146 cm³/mol. The molecule has 0 radical (unpaired) electrons. The van der Waals surface area contributed by atoms with Crippen LogP contribution in [0.15, 0.2) is 66.7 Å².